The minimum atomic E-state index is -1.25. The molecule has 0 amide bonds. The van der Waals surface area contributed by atoms with Crippen molar-refractivity contribution in [3.05, 3.63) is 59.2 Å². The Labute approximate surface area is 203 Å². The zero-order valence-electron chi connectivity index (χ0n) is 20.8. The Hall–Kier alpha value is -2.43. The fourth-order valence-electron chi connectivity index (χ4n) is 3.86. The summed E-state index contributed by atoms with van der Waals surface area (Å²) in [5.41, 5.74) is 0.722. The molecule has 3 nitrogen and oxygen atoms in total. The molecular formula is C29H40F2O3. The number of aryl methyl sites for hydroxylation is 1. The largest absolute Gasteiger partial charge is 0.490 e. The molecule has 0 spiro atoms. The van der Waals surface area contributed by atoms with E-state index in [1.54, 1.807) is 12.1 Å². The summed E-state index contributed by atoms with van der Waals surface area (Å²) in [7, 11) is 0. The van der Waals surface area contributed by atoms with E-state index in [1.165, 1.54) is 69.1 Å². The third kappa shape index (κ3) is 9.82. The molecule has 0 aliphatic rings. The molecule has 2 aromatic carbocycles. The average Bonchev–Trinajstić information content (AvgIpc) is 2.84. The highest BCUT2D eigenvalue weighted by Gasteiger charge is 2.21. The van der Waals surface area contributed by atoms with Crippen molar-refractivity contribution in [2.75, 3.05) is 6.61 Å². The maximum absolute atomic E-state index is 14.5. The van der Waals surface area contributed by atoms with Crippen LogP contribution in [0, 0.1) is 11.6 Å². The molecule has 2 aromatic rings. The predicted octanol–water partition coefficient (Wildman–Crippen LogP) is 8.83. The second kappa shape index (κ2) is 16.2. The Balaban J connectivity index is 1.81. The quantitative estimate of drug-likeness (QED) is 0.130. The van der Waals surface area contributed by atoms with E-state index in [4.69, 9.17) is 9.47 Å². The van der Waals surface area contributed by atoms with Gasteiger partial charge in [-0.25, -0.2) is 9.18 Å². The van der Waals surface area contributed by atoms with Crippen LogP contribution in [0.15, 0.2) is 36.4 Å². The molecular weight excluding hydrogens is 434 g/mol. The minimum Gasteiger partial charge on any atom is -0.490 e. The van der Waals surface area contributed by atoms with Crippen molar-refractivity contribution in [1.29, 1.82) is 0 Å². The van der Waals surface area contributed by atoms with E-state index in [0.717, 1.165) is 32.1 Å². The summed E-state index contributed by atoms with van der Waals surface area (Å²) in [6.07, 6.45) is 14.8. The Morgan fingerprint density at radius 2 is 1.29 bits per heavy atom. The molecule has 0 fully saturated rings. The summed E-state index contributed by atoms with van der Waals surface area (Å²) in [5.74, 6) is -3.20. The topological polar surface area (TPSA) is 35.5 Å². The highest BCUT2D eigenvalue weighted by Crippen LogP contribution is 2.25. The molecule has 0 radical (unpaired) electrons. The first-order valence-electron chi connectivity index (χ1n) is 13.0. The number of rotatable bonds is 17. The number of carbonyl (C=O) groups is 1. The number of halogens is 2. The number of unbranched alkanes of at least 4 members (excludes halogenated alkanes) is 10. The van der Waals surface area contributed by atoms with Crippen LogP contribution in [0.4, 0.5) is 8.78 Å². The molecule has 0 aliphatic carbocycles. The van der Waals surface area contributed by atoms with Crippen molar-refractivity contribution in [3.63, 3.8) is 0 Å². The lowest BCUT2D eigenvalue weighted by Crippen LogP contribution is -2.12. The van der Waals surface area contributed by atoms with Crippen LogP contribution in [-0.4, -0.2) is 12.6 Å². The van der Waals surface area contributed by atoms with E-state index in [0.29, 0.717) is 12.4 Å². The Kier molecular flexibility index (Phi) is 13.3. The standard InChI is InChI=1S/C29H40F2O3/c1-3-5-7-9-11-13-15-23-16-18-24(19-17-23)34-29(32)25-20-21-26(28(31)27(25)30)33-22-14-12-10-8-6-4-2/h16-21H,3-15,22H2,1-2H3. The van der Waals surface area contributed by atoms with E-state index in [2.05, 4.69) is 13.8 Å². The Bertz CT molecular complexity index is 849. The highest BCUT2D eigenvalue weighted by molar-refractivity contribution is 5.91. The molecule has 0 heterocycles. The van der Waals surface area contributed by atoms with Crippen molar-refractivity contribution in [2.24, 2.45) is 0 Å². The van der Waals surface area contributed by atoms with Gasteiger partial charge >= 0.3 is 5.97 Å². The number of esters is 1. The fraction of sp³-hybridized carbons (Fsp3) is 0.552. The van der Waals surface area contributed by atoms with Gasteiger partial charge in [-0.15, -0.1) is 0 Å². The van der Waals surface area contributed by atoms with Gasteiger partial charge in [0.2, 0.25) is 5.82 Å². The molecule has 2 rings (SSSR count). The molecule has 0 saturated carbocycles. The van der Waals surface area contributed by atoms with Crippen molar-refractivity contribution >= 4 is 5.97 Å². The highest BCUT2D eigenvalue weighted by atomic mass is 19.2. The van der Waals surface area contributed by atoms with E-state index in [-0.39, 0.29) is 5.75 Å². The maximum atomic E-state index is 14.5. The maximum Gasteiger partial charge on any atom is 0.346 e. The van der Waals surface area contributed by atoms with Gasteiger partial charge in [0, 0.05) is 0 Å². The van der Waals surface area contributed by atoms with Crippen LogP contribution in [0.5, 0.6) is 11.5 Å². The van der Waals surface area contributed by atoms with E-state index in [9.17, 15) is 13.6 Å². The monoisotopic (exact) mass is 474 g/mol. The van der Waals surface area contributed by atoms with Gasteiger partial charge in [0.1, 0.15) is 5.75 Å². The summed E-state index contributed by atoms with van der Waals surface area (Å²) in [4.78, 5) is 12.4. The first-order chi connectivity index (χ1) is 16.6. The van der Waals surface area contributed by atoms with E-state index < -0.39 is 23.2 Å². The number of hydrogen-bond donors (Lipinski definition) is 0. The van der Waals surface area contributed by atoms with Crippen molar-refractivity contribution in [2.45, 2.75) is 97.3 Å². The van der Waals surface area contributed by atoms with Gasteiger partial charge in [0.05, 0.1) is 12.2 Å². The predicted molar refractivity (Wildman–Crippen MR) is 134 cm³/mol. The minimum absolute atomic E-state index is 0.179. The number of ether oxygens (including phenoxy) is 2. The van der Waals surface area contributed by atoms with Gasteiger partial charge in [-0.2, -0.15) is 4.39 Å². The van der Waals surface area contributed by atoms with Crippen LogP contribution in [0.25, 0.3) is 0 Å². The summed E-state index contributed by atoms with van der Waals surface area (Å²) in [5, 5.41) is 0. The Morgan fingerprint density at radius 3 is 1.94 bits per heavy atom. The van der Waals surface area contributed by atoms with Crippen LogP contribution in [0.2, 0.25) is 0 Å². The molecule has 5 heteroatoms. The number of carbonyl (C=O) groups excluding carboxylic acids is 1. The van der Waals surface area contributed by atoms with Crippen molar-refractivity contribution < 1.29 is 23.0 Å². The summed E-state index contributed by atoms with van der Waals surface area (Å²) in [6, 6.07) is 9.70. The second-order valence-corrected chi connectivity index (χ2v) is 8.91. The van der Waals surface area contributed by atoms with Crippen LogP contribution in [0.1, 0.15) is 107 Å². The van der Waals surface area contributed by atoms with Gasteiger partial charge < -0.3 is 9.47 Å². The van der Waals surface area contributed by atoms with E-state index in [1.807, 2.05) is 12.1 Å². The molecule has 188 valence electrons. The van der Waals surface area contributed by atoms with Gasteiger partial charge in [-0.05, 0) is 49.1 Å². The lowest BCUT2D eigenvalue weighted by atomic mass is 10.0. The van der Waals surface area contributed by atoms with Crippen LogP contribution in [-0.2, 0) is 6.42 Å². The smallest absolute Gasteiger partial charge is 0.346 e. The van der Waals surface area contributed by atoms with Gasteiger partial charge in [0.15, 0.2) is 11.6 Å². The lowest BCUT2D eigenvalue weighted by molar-refractivity contribution is 0.0728. The van der Waals surface area contributed by atoms with Crippen LogP contribution in [0.3, 0.4) is 0 Å². The van der Waals surface area contributed by atoms with E-state index >= 15 is 0 Å². The van der Waals surface area contributed by atoms with Gasteiger partial charge in [-0.1, -0.05) is 90.2 Å². The first kappa shape index (κ1) is 27.8. The molecule has 0 atom stereocenters. The third-order valence-corrected chi connectivity index (χ3v) is 5.98. The lowest BCUT2D eigenvalue weighted by Gasteiger charge is -2.10. The summed E-state index contributed by atoms with van der Waals surface area (Å²) in [6.45, 7) is 4.69. The second-order valence-electron chi connectivity index (χ2n) is 8.91. The molecule has 0 aromatic heterocycles. The fourth-order valence-corrected chi connectivity index (χ4v) is 3.86. The molecule has 0 saturated heterocycles. The molecule has 0 aliphatic heterocycles. The van der Waals surface area contributed by atoms with Crippen molar-refractivity contribution in [1.82, 2.24) is 0 Å². The summed E-state index contributed by atoms with van der Waals surface area (Å²) >= 11 is 0. The molecule has 0 bridgehead atoms. The molecule has 0 unspecified atom stereocenters. The summed E-state index contributed by atoms with van der Waals surface area (Å²) < 4.78 is 39.5. The third-order valence-electron chi connectivity index (χ3n) is 5.98. The zero-order valence-corrected chi connectivity index (χ0v) is 20.8. The molecule has 0 N–H and O–H groups in total. The zero-order chi connectivity index (χ0) is 24.6. The van der Waals surface area contributed by atoms with Crippen molar-refractivity contribution in [3.8, 4) is 11.5 Å². The average molecular weight is 475 g/mol. The first-order valence-corrected chi connectivity index (χ1v) is 13.0. The Morgan fingerprint density at radius 1 is 0.706 bits per heavy atom. The van der Waals surface area contributed by atoms with Gasteiger partial charge in [-0.3, -0.25) is 0 Å². The normalized spacial score (nSPS) is 10.9. The number of benzene rings is 2. The van der Waals surface area contributed by atoms with Gasteiger partial charge in [0.25, 0.3) is 0 Å². The van der Waals surface area contributed by atoms with Crippen LogP contribution >= 0.6 is 0 Å². The SMILES string of the molecule is CCCCCCCCOc1ccc(C(=O)Oc2ccc(CCCCCCCC)cc2)c(F)c1F. The molecule has 34 heavy (non-hydrogen) atoms. The van der Waals surface area contributed by atoms with Crippen LogP contribution < -0.4 is 9.47 Å². The number of hydrogen-bond acceptors (Lipinski definition) is 3.